The fourth-order valence-electron chi connectivity index (χ4n) is 3.06. The van der Waals surface area contributed by atoms with Gasteiger partial charge in [0.2, 0.25) is 5.91 Å². The Bertz CT molecular complexity index is 1000. The maximum Gasteiger partial charge on any atom is 0.271 e. The summed E-state index contributed by atoms with van der Waals surface area (Å²) in [7, 11) is 0. The molecule has 0 spiro atoms. The number of hydrazone groups is 1. The first-order valence-corrected chi connectivity index (χ1v) is 10.2. The van der Waals surface area contributed by atoms with Crippen LogP contribution in [-0.2, 0) is 11.3 Å². The van der Waals surface area contributed by atoms with Crippen molar-refractivity contribution in [1.29, 1.82) is 0 Å². The molecule has 1 N–H and O–H groups in total. The molecule has 1 aliphatic heterocycles. The normalized spacial score (nSPS) is 16.5. The molecular formula is C22H19N3O3S. The average molecular weight is 405 g/mol. The van der Waals surface area contributed by atoms with Crippen molar-refractivity contribution < 1.29 is 14.0 Å². The molecule has 3 aromatic rings. The van der Waals surface area contributed by atoms with Crippen LogP contribution >= 0.6 is 11.8 Å². The molecule has 0 unspecified atom stereocenters. The van der Waals surface area contributed by atoms with Crippen LogP contribution in [0, 0.1) is 0 Å². The SMILES string of the molecule is O=C(N/N=C\c1ccco1)c1ccc([C@H]2SCC(=O)N2Cc2ccccc2)cc1. The van der Waals surface area contributed by atoms with E-state index in [0.29, 0.717) is 23.6 Å². The van der Waals surface area contributed by atoms with Gasteiger partial charge in [-0.3, -0.25) is 9.59 Å². The van der Waals surface area contributed by atoms with Gasteiger partial charge in [0, 0.05) is 12.1 Å². The highest BCUT2D eigenvalue weighted by atomic mass is 32.2. The first-order valence-electron chi connectivity index (χ1n) is 9.12. The van der Waals surface area contributed by atoms with Gasteiger partial charge < -0.3 is 9.32 Å². The number of nitrogens with zero attached hydrogens (tertiary/aromatic N) is 2. The smallest absolute Gasteiger partial charge is 0.271 e. The molecule has 7 heteroatoms. The van der Waals surface area contributed by atoms with E-state index in [2.05, 4.69) is 10.5 Å². The summed E-state index contributed by atoms with van der Waals surface area (Å²) in [6.45, 7) is 0.571. The van der Waals surface area contributed by atoms with Gasteiger partial charge in [-0.2, -0.15) is 5.10 Å². The minimum atomic E-state index is -0.310. The van der Waals surface area contributed by atoms with Crippen molar-refractivity contribution in [1.82, 2.24) is 10.3 Å². The molecule has 1 fully saturated rings. The lowest BCUT2D eigenvalue weighted by Crippen LogP contribution is -2.27. The average Bonchev–Trinajstić information content (AvgIpc) is 3.39. The van der Waals surface area contributed by atoms with Crippen LogP contribution in [0.2, 0.25) is 0 Å². The van der Waals surface area contributed by atoms with E-state index in [0.717, 1.165) is 11.1 Å². The molecule has 1 saturated heterocycles. The van der Waals surface area contributed by atoms with Crippen LogP contribution in [0.15, 0.2) is 82.5 Å². The third-order valence-electron chi connectivity index (χ3n) is 4.52. The molecule has 0 aliphatic carbocycles. The molecule has 1 atom stereocenters. The summed E-state index contributed by atoms with van der Waals surface area (Å²) in [5.74, 6) is 0.831. The highest BCUT2D eigenvalue weighted by Gasteiger charge is 2.32. The van der Waals surface area contributed by atoms with Crippen molar-refractivity contribution >= 4 is 29.8 Å². The quantitative estimate of drug-likeness (QED) is 0.500. The van der Waals surface area contributed by atoms with Crippen LogP contribution in [0.3, 0.4) is 0 Å². The van der Waals surface area contributed by atoms with Crippen molar-refractivity contribution in [3.8, 4) is 0 Å². The summed E-state index contributed by atoms with van der Waals surface area (Å²) in [6.07, 6.45) is 2.98. The van der Waals surface area contributed by atoms with Crippen molar-refractivity contribution in [2.24, 2.45) is 5.10 Å². The fourth-order valence-corrected chi connectivity index (χ4v) is 4.25. The number of nitrogens with one attached hydrogen (secondary N) is 1. The number of rotatable bonds is 6. The summed E-state index contributed by atoms with van der Waals surface area (Å²) in [5.41, 5.74) is 5.06. The standard InChI is InChI=1S/C22H19N3O3S/c26-20-15-29-22(25(20)14-16-5-2-1-3-6-16)18-10-8-17(9-11-18)21(27)24-23-13-19-7-4-12-28-19/h1-13,22H,14-15H2,(H,24,27)/b23-13-/t22-/m1/s1. The molecule has 146 valence electrons. The van der Waals surface area contributed by atoms with Gasteiger partial charge >= 0.3 is 0 Å². The van der Waals surface area contributed by atoms with Crippen LogP contribution in [0.5, 0.6) is 0 Å². The zero-order valence-corrected chi connectivity index (χ0v) is 16.3. The lowest BCUT2D eigenvalue weighted by Gasteiger charge is -2.24. The molecule has 4 rings (SSSR count). The monoisotopic (exact) mass is 405 g/mol. The van der Waals surface area contributed by atoms with Gasteiger partial charge in [-0.1, -0.05) is 42.5 Å². The third-order valence-corrected chi connectivity index (χ3v) is 5.78. The van der Waals surface area contributed by atoms with E-state index in [1.165, 1.54) is 12.5 Å². The minimum absolute atomic E-state index is 0.0585. The number of amides is 2. The maximum atomic E-state index is 12.4. The summed E-state index contributed by atoms with van der Waals surface area (Å²) < 4.78 is 5.12. The number of thioether (sulfide) groups is 1. The van der Waals surface area contributed by atoms with Gasteiger partial charge in [0.25, 0.3) is 5.91 Å². The van der Waals surface area contributed by atoms with Gasteiger partial charge in [-0.15, -0.1) is 11.8 Å². The Morgan fingerprint density at radius 2 is 1.93 bits per heavy atom. The van der Waals surface area contributed by atoms with E-state index in [4.69, 9.17) is 4.42 Å². The Balaban J connectivity index is 1.42. The lowest BCUT2D eigenvalue weighted by molar-refractivity contribution is -0.128. The Morgan fingerprint density at radius 1 is 1.14 bits per heavy atom. The summed E-state index contributed by atoms with van der Waals surface area (Å²) in [5, 5.41) is 3.83. The summed E-state index contributed by atoms with van der Waals surface area (Å²) >= 11 is 1.60. The predicted octanol–water partition coefficient (Wildman–Crippen LogP) is 3.82. The lowest BCUT2D eigenvalue weighted by atomic mass is 10.1. The molecule has 2 aromatic carbocycles. The Kier molecular flexibility index (Phi) is 5.76. The number of hydrogen-bond acceptors (Lipinski definition) is 5. The van der Waals surface area contributed by atoms with Crippen LogP contribution in [0.4, 0.5) is 0 Å². The predicted molar refractivity (Wildman–Crippen MR) is 112 cm³/mol. The number of hydrogen-bond donors (Lipinski definition) is 1. The second kappa shape index (κ2) is 8.79. The van der Waals surface area contributed by atoms with E-state index in [1.54, 1.807) is 36.0 Å². The number of furan rings is 1. The summed E-state index contributed by atoms with van der Waals surface area (Å²) in [6, 6.07) is 20.7. The van der Waals surface area contributed by atoms with Crippen molar-refractivity contribution in [2.45, 2.75) is 11.9 Å². The maximum absolute atomic E-state index is 12.4. The minimum Gasteiger partial charge on any atom is -0.463 e. The molecular weight excluding hydrogens is 386 g/mol. The van der Waals surface area contributed by atoms with Crippen molar-refractivity contribution in [2.75, 3.05) is 5.75 Å². The molecule has 2 amide bonds. The first-order chi connectivity index (χ1) is 14.2. The van der Waals surface area contributed by atoms with Gasteiger partial charge in [-0.05, 0) is 35.4 Å². The third kappa shape index (κ3) is 4.57. The van der Waals surface area contributed by atoms with Gasteiger partial charge in [0.15, 0.2) is 0 Å². The molecule has 0 radical (unpaired) electrons. The van der Waals surface area contributed by atoms with E-state index < -0.39 is 0 Å². The van der Waals surface area contributed by atoms with Gasteiger partial charge in [0.1, 0.15) is 11.1 Å². The molecule has 1 aliphatic rings. The van der Waals surface area contributed by atoms with Crippen LogP contribution in [-0.4, -0.2) is 28.7 Å². The number of carbonyl (C=O) groups excluding carboxylic acids is 2. The fraction of sp³-hybridized carbons (Fsp3) is 0.136. The zero-order chi connectivity index (χ0) is 20.1. The Labute approximate surface area is 172 Å². The van der Waals surface area contributed by atoms with E-state index >= 15 is 0 Å². The van der Waals surface area contributed by atoms with Crippen molar-refractivity contribution in [3.63, 3.8) is 0 Å². The Hall–Kier alpha value is -3.32. The largest absolute Gasteiger partial charge is 0.463 e. The first kappa shape index (κ1) is 19.0. The van der Waals surface area contributed by atoms with Crippen LogP contribution in [0.1, 0.15) is 32.6 Å². The molecule has 29 heavy (non-hydrogen) atoms. The summed E-state index contributed by atoms with van der Waals surface area (Å²) in [4.78, 5) is 26.5. The number of benzene rings is 2. The molecule has 2 heterocycles. The zero-order valence-electron chi connectivity index (χ0n) is 15.5. The highest BCUT2D eigenvalue weighted by Crippen LogP contribution is 2.39. The molecule has 6 nitrogen and oxygen atoms in total. The Morgan fingerprint density at radius 3 is 2.66 bits per heavy atom. The topological polar surface area (TPSA) is 74.9 Å². The van der Waals surface area contributed by atoms with E-state index in [-0.39, 0.29) is 17.2 Å². The van der Waals surface area contributed by atoms with Gasteiger partial charge in [-0.25, -0.2) is 5.43 Å². The second-order valence-corrected chi connectivity index (χ2v) is 7.58. The molecule has 0 saturated carbocycles. The molecule has 1 aromatic heterocycles. The number of carbonyl (C=O) groups is 2. The highest BCUT2D eigenvalue weighted by molar-refractivity contribution is 8.00. The van der Waals surface area contributed by atoms with Crippen molar-refractivity contribution in [3.05, 3.63) is 95.4 Å². The van der Waals surface area contributed by atoms with Crippen LogP contribution in [0.25, 0.3) is 0 Å². The van der Waals surface area contributed by atoms with Crippen LogP contribution < -0.4 is 5.43 Å². The van der Waals surface area contributed by atoms with E-state index in [9.17, 15) is 9.59 Å². The second-order valence-electron chi connectivity index (χ2n) is 6.51. The molecule has 0 bridgehead atoms. The van der Waals surface area contributed by atoms with Gasteiger partial charge in [0.05, 0.1) is 18.2 Å². The van der Waals surface area contributed by atoms with E-state index in [1.807, 2.05) is 47.4 Å².